The van der Waals surface area contributed by atoms with Crippen LogP contribution in [0, 0.1) is 6.92 Å². The lowest BCUT2D eigenvalue weighted by molar-refractivity contribution is -0.00203. The van der Waals surface area contributed by atoms with Crippen LogP contribution < -0.4 is 9.47 Å². The molecule has 1 saturated heterocycles. The Hall–Kier alpha value is -1.46. The van der Waals surface area contributed by atoms with Crippen molar-refractivity contribution in [1.82, 2.24) is 4.90 Å². The molecule has 0 unspecified atom stereocenters. The maximum Gasteiger partial charge on any atom is 0.123 e. The number of nitrogens with zero attached hydrogens (tertiary/aromatic N) is 1. The topological polar surface area (TPSA) is 41.9 Å². The molecule has 0 amide bonds. The molecular formula is C25H31Cl2NO3. The number of aryl methyl sites for hydroxylation is 1. The Bertz CT molecular complexity index is 939. The van der Waals surface area contributed by atoms with E-state index in [1.165, 1.54) is 5.56 Å². The Kier molecular flexibility index (Phi) is 6.73. The lowest BCUT2D eigenvalue weighted by Crippen LogP contribution is -2.49. The SMILES string of the molecule is Cc1cc(OC[C@@H](O)CN2CCC3(CC2)Cc2cc(Cl)ccc2O3)c(C(C)C)cc1Cl. The van der Waals surface area contributed by atoms with Crippen LogP contribution in [-0.4, -0.2) is 48.0 Å². The summed E-state index contributed by atoms with van der Waals surface area (Å²) in [6.07, 6.45) is 2.25. The highest BCUT2D eigenvalue weighted by molar-refractivity contribution is 6.31. The monoisotopic (exact) mass is 463 g/mol. The summed E-state index contributed by atoms with van der Waals surface area (Å²) < 4.78 is 12.3. The molecular weight excluding hydrogens is 433 g/mol. The first-order valence-electron chi connectivity index (χ1n) is 11.1. The Morgan fingerprint density at radius 3 is 2.61 bits per heavy atom. The number of hydrogen-bond acceptors (Lipinski definition) is 4. The minimum Gasteiger partial charge on any atom is -0.491 e. The standard InChI is InChI=1S/C25H31Cl2NO3/c1-16(2)21-12-22(27)17(3)10-24(21)30-15-20(29)14-28-8-6-25(7-9-28)13-18-11-19(26)4-5-23(18)31-25/h4-5,10-12,16,20,29H,6-9,13-15H2,1-3H3/t20-/m0/s1. The van der Waals surface area contributed by atoms with Crippen molar-refractivity contribution in [2.45, 2.75) is 57.7 Å². The summed E-state index contributed by atoms with van der Waals surface area (Å²) in [6, 6.07) is 9.82. The summed E-state index contributed by atoms with van der Waals surface area (Å²) in [5.74, 6) is 2.07. The molecule has 0 aromatic heterocycles. The number of aliphatic hydroxyl groups is 1. The van der Waals surface area contributed by atoms with E-state index in [1.807, 2.05) is 37.3 Å². The Balaban J connectivity index is 1.29. The van der Waals surface area contributed by atoms with Crippen molar-refractivity contribution in [2.75, 3.05) is 26.2 Å². The fourth-order valence-electron chi connectivity index (χ4n) is 4.61. The third kappa shape index (κ3) is 5.14. The predicted octanol–water partition coefficient (Wildman–Crippen LogP) is 5.63. The molecule has 1 fully saturated rings. The number of ether oxygens (including phenoxy) is 2. The molecule has 31 heavy (non-hydrogen) atoms. The first-order valence-corrected chi connectivity index (χ1v) is 11.8. The second kappa shape index (κ2) is 9.19. The van der Waals surface area contributed by atoms with Crippen molar-refractivity contribution in [2.24, 2.45) is 0 Å². The number of rotatable bonds is 6. The van der Waals surface area contributed by atoms with Crippen LogP contribution in [0.4, 0.5) is 0 Å². The van der Waals surface area contributed by atoms with Gasteiger partial charge in [-0.1, -0.05) is 37.0 Å². The highest BCUT2D eigenvalue weighted by atomic mass is 35.5. The largest absolute Gasteiger partial charge is 0.491 e. The third-order valence-corrected chi connectivity index (χ3v) is 7.08. The minimum atomic E-state index is -0.550. The predicted molar refractivity (Wildman–Crippen MR) is 126 cm³/mol. The molecule has 2 aliphatic rings. The quantitative estimate of drug-likeness (QED) is 0.601. The molecule has 2 heterocycles. The highest BCUT2D eigenvalue weighted by Crippen LogP contribution is 2.42. The van der Waals surface area contributed by atoms with Crippen LogP contribution in [0.15, 0.2) is 30.3 Å². The van der Waals surface area contributed by atoms with Crippen molar-refractivity contribution >= 4 is 23.2 Å². The van der Waals surface area contributed by atoms with E-state index >= 15 is 0 Å². The number of likely N-dealkylation sites (tertiary alicyclic amines) is 1. The summed E-state index contributed by atoms with van der Waals surface area (Å²) in [7, 11) is 0. The van der Waals surface area contributed by atoms with Gasteiger partial charge in [-0.25, -0.2) is 0 Å². The van der Waals surface area contributed by atoms with Gasteiger partial charge in [-0.15, -0.1) is 0 Å². The average molecular weight is 464 g/mol. The van der Waals surface area contributed by atoms with Crippen LogP contribution >= 0.6 is 23.2 Å². The molecule has 2 aromatic rings. The van der Waals surface area contributed by atoms with Gasteiger partial charge in [0.2, 0.25) is 0 Å². The van der Waals surface area contributed by atoms with Crippen LogP contribution in [0.3, 0.4) is 0 Å². The number of benzene rings is 2. The third-order valence-electron chi connectivity index (χ3n) is 6.44. The number of fused-ring (bicyclic) bond motifs is 1. The summed E-state index contributed by atoms with van der Waals surface area (Å²) in [4.78, 5) is 2.30. The summed E-state index contributed by atoms with van der Waals surface area (Å²) in [5, 5.41) is 12.1. The summed E-state index contributed by atoms with van der Waals surface area (Å²) in [5.41, 5.74) is 3.13. The fourth-order valence-corrected chi connectivity index (χ4v) is 4.97. The van der Waals surface area contributed by atoms with E-state index in [0.29, 0.717) is 12.5 Å². The van der Waals surface area contributed by atoms with Gasteiger partial charge in [-0.05, 0) is 59.9 Å². The Morgan fingerprint density at radius 2 is 1.90 bits per heavy atom. The van der Waals surface area contributed by atoms with Crippen LogP contribution in [0.1, 0.15) is 49.3 Å². The zero-order valence-electron chi connectivity index (χ0n) is 18.5. The molecule has 2 aliphatic heterocycles. The maximum atomic E-state index is 10.6. The Labute approximate surface area is 195 Å². The van der Waals surface area contributed by atoms with Crippen LogP contribution in [0.5, 0.6) is 11.5 Å². The molecule has 168 valence electrons. The Morgan fingerprint density at radius 1 is 1.16 bits per heavy atom. The van der Waals surface area contributed by atoms with Gasteiger partial charge in [-0.3, -0.25) is 0 Å². The molecule has 1 atom stereocenters. The molecule has 6 heteroatoms. The van der Waals surface area contributed by atoms with Gasteiger partial charge in [0.15, 0.2) is 0 Å². The van der Waals surface area contributed by atoms with Crippen molar-refractivity contribution in [1.29, 1.82) is 0 Å². The van der Waals surface area contributed by atoms with Crippen LogP contribution in [0.25, 0.3) is 0 Å². The molecule has 0 radical (unpaired) electrons. The number of piperidine rings is 1. The van der Waals surface area contributed by atoms with E-state index in [0.717, 1.165) is 65.0 Å². The normalized spacial score (nSPS) is 18.8. The summed E-state index contributed by atoms with van der Waals surface area (Å²) in [6.45, 7) is 8.86. The molecule has 0 aliphatic carbocycles. The molecule has 4 rings (SSSR count). The first-order chi connectivity index (χ1) is 14.7. The van der Waals surface area contributed by atoms with Gasteiger partial charge >= 0.3 is 0 Å². The van der Waals surface area contributed by atoms with Gasteiger partial charge in [0, 0.05) is 48.9 Å². The number of hydrogen-bond donors (Lipinski definition) is 1. The van der Waals surface area contributed by atoms with E-state index in [9.17, 15) is 5.11 Å². The fraction of sp³-hybridized carbons (Fsp3) is 0.520. The van der Waals surface area contributed by atoms with E-state index in [4.69, 9.17) is 32.7 Å². The maximum absolute atomic E-state index is 10.6. The highest BCUT2D eigenvalue weighted by Gasteiger charge is 2.42. The first kappa shape index (κ1) is 22.7. The van der Waals surface area contributed by atoms with E-state index in [2.05, 4.69) is 18.7 Å². The molecule has 0 bridgehead atoms. The molecule has 1 spiro atoms. The van der Waals surface area contributed by atoms with Crippen LogP contribution in [-0.2, 0) is 6.42 Å². The second-order valence-corrected chi connectivity index (χ2v) is 10.1. The minimum absolute atomic E-state index is 0.127. The van der Waals surface area contributed by atoms with Crippen molar-refractivity contribution in [3.05, 3.63) is 57.1 Å². The van der Waals surface area contributed by atoms with Crippen molar-refractivity contribution in [3.8, 4) is 11.5 Å². The van der Waals surface area contributed by atoms with Crippen molar-refractivity contribution < 1.29 is 14.6 Å². The lowest BCUT2D eigenvalue weighted by atomic mass is 9.87. The van der Waals surface area contributed by atoms with Gasteiger partial charge in [-0.2, -0.15) is 0 Å². The zero-order valence-corrected chi connectivity index (χ0v) is 20.0. The lowest BCUT2D eigenvalue weighted by Gasteiger charge is -2.39. The van der Waals surface area contributed by atoms with E-state index in [-0.39, 0.29) is 12.2 Å². The van der Waals surface area contributed by atoms with E-state index < -0.39 is 6.10 Å². The second-order valence-electron chi connectivity index (χ2n) is 9.27. The summed E-state index contributed by atoms with van der Waals surface area (Å²) >= 11 is 12.4. The van der Waals surface area contributed by atoms with Gasteiger partial charge in [0.1, 0.15) is 29.8 Å². The number of β-amino-alcohol motifs (C(OH)–C–C–N with tert-alkyl or cyclic N) is 1. The average Bonchev–Trinajstić information content (AvgIpc) is 3.07. The number of halogens is 2. The molecule has 2 aromatic carbocycles. The number of aliphatic hydroxyl groups excluding tert-OH is 1. The van der Waals surface area contributed by atoms with Gasteiger partial charge < -0.3 is 19.5 Å². The van der Waals surface area contributed by atoms with Gasteiger partial charge in [0.05, 0.1) is 0 Å². The zero-order chi connectivity index (χ0) is 22.2. The van der Waals surface area contributed by atoms with Crippen molar-refractivity contribution in [3.63, 3.8) is 0 Å². The van der Waals surface area contributed by atoms with Crippen LogP contribution in [0.2, 0.25) is 10.0 Å². The van der Waals surface area contributed by atoms with Gasteiger partial charge in [0.25, 0.3) is 0 Å². The molecule has 1 N–H and O–H groups in total. The van der Waals surface area contributed by atoms with E-state index in [1.54, 1.807) is 0 Å². The smallest absolute Gasteiger partial charge is 0.123 e. The molecule has 0 saturated carbocycles. The molecule has 4 nitrogen and oxygen atoms in total.